The van der Waals surface area contributed by atoms with Crippen molar-refractivity contribution in [1.29, 1.82) is 0 Å². The molecule has 0 aliphatic heterocycles. The van der Waals surface area contributed by atoms with E-state index >= 15 is 0 Å². The van der Waals surface area contributed by atoms with Gasteiger partial charge in [0.1, 0.15) is 11.6 Å². The van der Waals surface area contributed by atoms with E-state index in [0.717, 1.165) is 31.6 Å². The second-order valence-corrected chi connectivity index (χ2v) is 9.88. The van der Waals surface area contributed by atoms with Crippen molar-refractivity contribution in [3.8, 4) is 11.4 Å². The van der Waals surface area contributed by atoms with E-state index in [2.05, 4.69) is 65.8 Å². The zero-order valence-electron chi connectivity index (χ0n) is 18.8. The molecule has 0 amide bonds. The van der Waals surface area contributed by atoms with Crippen molar-refractivity contribution >= 4 is 15.0 Å². The van der Waals surface area contributed by atoms with Gasteiger partial charge in [0.05, 0.1) is 18.6 Å². The van der Waals surface area contributed by atoms with Crippen LogP contribution in [-0.2, 0) is 27.9 Å². The Kier molecular flexibility index (Phi) is 6.19. The smallest absolute Gasteiger partial charge is 0.140 e. The van der Waals surface area contributed by atoms with E-state index in [1.807, 2.05) is 0 Å². The van der Waals surface area contributed by atoms with Gasteiger partial charge in [-0.15, -0.1) is 9.24 Å². The van der Waals surface area contributed by atoms with Crippen LogP contribution < -0.4 is 0 Å². The van der Waals surface area contributed by atoms with Crippen molar-refractivity contribution in [2.75, 3.05) is 13.0 Å². The van der Waals surface area contributed by atoms with E-state index in [1.54, 1.807) is 0 Å². The second kappa shape index (κ2) is 8.55. The SMILES string of the molecule is CC(C)c1ccc(-c2nc3c(n2CCOCP)CC[C@@H]2[C@@H](C)C(=O)CC[C@@]32C)cc1. The number of rotatable bonds is 6. The lowest BCUT2D eigenvalue weighted by Crippen LogP contribution is -2.47. The van der Waals surface area contributed by atoms with E-state index in [0.29, 0.717) is 37.0 Å². The van der Waals surface area contributed by atoms with Crippen LogP contribution in [0.15, 0.2) is 24.3 Å². The molecule has 0 spiro atoms. The number of aromatic nitrogens is 2. The third kappa shape index (κ3) is 3.67. The van der Waals surface area contributed by atoms with Crippen molar-refractivity contribution in [2.45, 2.75) is 71.3 Å². The van der Waals surface area contributed by atoms with Crippen LogP contribution in [-0.4, -0.2) is 28.3 Å². The lowest BCUT2D eigenvalue weighted by atomic mass is 9.57. The maximum Gasteiger partial charge on any atom is 0.140 e. The molecule has 162 valence electrons. The van der Waals surface area contributed by atoms with Gasteiger partial charge in [0.25, 0.3) is 0 Å². The average Bonchev–Trinajstić information content (AvgIpc) is 3.11. The van der Waals surface area contributed by atoms with Gasteiger partial charge >= 0.3 is 0 Å². The second-order valence-electron chi connectivity index (χ2n) is 9.55. The third-order valence-corrected chi connectivity index (χ3v) is 7.77. The van der Waals surface area contributed by atoms with Crippen LogP contribution in [0.4, 0.5) is 0 Å². The number of imidazole rings is 1. The molecule has 1 saturated carbocycles. The number of ether oxygens (including phenoxy) is 1. The summed E-state index contributed by atoms with van der Waals surface area (Å²) in [6, 6.07) is 8.87. The Hall–Kier alpha value is -1.51. The quantitative estimate of drug-likeness (QED) is 0.462. The van der Waals surface area contributed by atoms with E-state index in [4.69, 9.17) is 9.72 Å². The molecule has 1 heterocycles. The zero-order chi connectivity index (χ0) is 21.5. The maximum absolute atomic E-state index is 12.4. The highest BCUT2D eigenvalue weighted by atomic mass is 31.0. The van der Waals surface area contributed by atoms with Crippen molar-refractivity contribution in [2.24, 2.45) is 11.8 Å². The summed E-state index contributed by atoms with van der Waals surface area (Å²) in [5.41, 5.74) is 5.08. The molecule has 1 aromatic heterocycles. The number of Topliss-reactive ketones (excluding diaryl/α,β-unsaturated/α-hetero) is 1. The molecule has 4 atom stereocenters. The summed E-state index contributed by atoms with van der Waals surface area (Å²) in [6.45, 7) is 10.4. The first kappa shape index (κ1) is 21.7. The van der Waals surface area contributed by atoms with Gasteiger partial charge in [0.2, 0.25) is 0 Å². The normalized spacial score (nSPS) is 26.0. The molecule has 5 heteroatoms. The third-order valence-electron chi connectivity index (χ3n) is 7.54. The Balaban J connectivity index is 1.78. The molecule has 0 radical (unpaired) electrons. The van der Waals surface area contributed by atoms with Crippen LogP contribution in [0.1, 0.15) is 69.8 Å². The molecule has 0 N–H and O–H groups in total. The zero-order valence-corrected chi connectivity index (χ0v) is 19.9. The molecule has 2 aliphatic carbocycles. The van der Waals surface area contributed by atoms with Crippen molar-refractivity contribution in [3.05, 3.63) is 41.2 Å². The fourth-order valence-electron chi connectivity index (χ4n) is 5.64. The number of fused-ring (bicyclic) bond motifs is 3. The molecule has 1 fully saturated rings. The Labute approximate surface area is 183 Å². The first-order valence-electron chi connectivity index (χ1n) is 11.4. The van der Waals surface area contributed by atoms with Gasteiger partial charge in [-0.1, -0.05) is 52.0 Å². The van der Waals surface area contributed by atoms with Gasteiger partial charge < -0.3 is 9.30 Å². The van der Waals surface area contributed by atoms with Gasteiger partial charge in [0, 0.05) is 35.6 Å². The van der Waals surface area contributed by atoms with E-state index in [9.17, 15) is 4.79 Å². The molecule has 1 unspecified atom stereocenters. The number of hydrogen-bond acceptors (Lipinski definition) is 3. The molecule has 0 saturated heterocycles. The predicted octanol–water partition coefficient (Wildman–Crippen LogP) is 5.34. The maximum atomic E-state index is 12.4. The fourth-order valence-corrected chi connectivity index (χ4v) is 5.81. The summed E-state index contributed by atoms with van der Waals surface area (Å²) in [5, 5.41) is 0. The lowest BCUT2D eigenvalue weighted by molar-refractivity contribution is -0.128. The minimum atomic E-state index is -0.0136. The highest BCUT2D eigenvalue weighted by Gasteiger charge is 2.50. The Bertz CT molecular complexity index is 918. The largest absolute Gasteiger partial charge is 0.376 e. The number of ketones is 1. The van der Waals surface area contributed by atoms with Crippen LogP contribution in [0.3, 0.4) is 0 Å². The molecule has 2 aliphatic rings. The molecule has 30 heavy (non-hydrogen) atoms. The van der Waals surface area contributed by atoms with Crippen LogP contribution >= 0.6 is 9.24 Å². The van der Waals surface area contributed by atoms with E-state index in [1.165, 1.54) is 22.5 Å². The van der Waals surface area contributed by atoms with Gasteiger partial charge in [-0.05, 0) is 36.7 Å². The predicted molar refractivity (Wildman–Crippen MR) is 125 cm³/mol. The number of nitrogens with zero attached hydrogens (tertiary/aromatic N) is 2. The van der Waals surface area contributed by atoms with E-state index < -0.39 is 0 Å². The van der Waals surface area contributed by atoms with E-state index in [-0.39, 0.29) is 11.3 Å². The fraction of sp³-hybridized carbons (Fsp3) is 0.600. The summed E-state index contributed by atoms with van der Waals surface area (Å²) in [6.07, 6.45) is 4.30. The van der Waals surface area contributed by atoms with Crippen molar-refractivity contribution in [1.82, 2.24) is 9.55 Å². The molecule has 2 aromatic rings. The van der Waals surface area contributed by atoms with Crippen LogP contribution in [0.2, 0.25) is 0 Å². The molecular formula is C25H35N2O2P. The summed E-state index contributed by atoms with van der Waals surface area (Å²) < 4.78 is 8.06. The standard InChI is InChI=1S/C25H35N2O2P/c1-16(2)18-5-7-19(8-6-18)24-26-23-21(27(24)13-14-29-15-30)10-9-20-17(3)22(28)11-12-25(20,23)4/h5-8,16-17,20H,9-15,30H2,1-4H3/t17-,20-,25-/m1/s1. The van der Waals surface area contributed by atoms with Crippen LogP contribution in [0.5, 0.6) is 0 Å². The minimum absolute atomic E-state index is 0.0136. The van der Waals surface area contributed by atoms with Gasteiger partial charge in [0.15, 0.2) is 0 Å². The van der Waals surface area contributed by atoms with Gasteiger partial charge in [-0.2, -0.15) is 0 Å². The van der Waals surface area contributed by atoms with Gasteiger partial charge in [-0.3, -0.25) is 4.79 Å². The van der Waals surface area contributed by atoms with Crippen molar-refractivity contribution < 1.29 is 9.53 Å². The van der Waals surface area contributed by atoms with Gasteiger partial charge in [-0.25, -0.2) is 4.98 Å². The number of carbonyl (C=O) groups excluding carboxylic acids is 1. The summed E-state index contributed by atoms with van der Waals surface area (Å²) in [4.78, 5) is 17.7. The molecule has 4 nitrogen and oxygen atoms in total. The number of hydrogen-bond donors (Lipinski definition) is 0. The molecule has 0 bridgehead atoms. The van der Waals surface area contributed by atoms with Crippen molar-refractivity contribution in [3.63, 3.8) is 0 Å². The Morgan fingerprint density at radius 3 is 2.67 bits per heavy atom. The first-order chi connectivity index (χ1) is 14.4. The molecular weight excluding hydrogens is 391 g/mol. The highest BCUT2D eigenvalue weighted by molar-refractivity contribution is 7.16. The summed E-state index contributed by atoms with van der Waals surface area (Å²) in [5.74, 6) is 2.53. The Morgan fingerprint density at radius 2 is 2.00 bits per heavy atom. The average molecular weight is 427 g/mol. The topological polar surface area (TPSA) is 44.1 Å². The monoisotopic (exact) mass is 426 g/mol. The Morgan fingerprint density at radius 1 is 1.27 bits per heavy atom. The molecule has 4 rings (SSSR count). The first-order valence-corrected chi connectivity index (χ1v) is 12.2. The summed E-state index contributed by atoms with van der Waals surface area (Å²) >= 11 is 0. The number of benzene rings is 1. The number of carbonyl (C=O) groups is 1. The minimum Gasteiger partial charge on any atom is -0.376 e. The lowest BCUT2D eigenvalue weighted by Gasteiger charge is -2.46. The van der Waals surface area contributed by atoms with Crippen LogP contribution in [0, 0.1) is 11.8 Å². The highest BCUT2D eigenvalue weighted by Crippen LogP contribution is 2.51. The summed E-state index contributed by atoms with van der Waals surface area (Å²) in [7, 11) is 2.63. The molecule has 1 aromatic carbocycles. The van der Waals surface area contributed by atoms with Crippen LogP contribution in [0.25, 0.3) is 11.4 Å².